The fourth-order valence-electron chi connectivity index (χ4n) is 7.19. The Hall–Kier alpha value is -12.4. The average Bonchev–Trinajstić information content (AvgIpc) is 0.990. The number of azide groups is 2. The summed E-state index contributed by atoms with van der Waals surface area (Å²) in [7, 11) is 0. The number of aromatic carboxylic acids is 1. The molecule has 0 unspecified atom stereocenters. The van der Waals surface area contributed by atoms with E-state index in [1.807, 2.05) is 23.1 Å². The molecule has 0 radical (unpaired) electrons. The molecular weight excluding hydrogens is 1350 g/mol. The number of fused-ring (bicyclic) bond motifs is 1. The quantitative estimate of drug-likeness (QED) is 0.00234. The van der Waals surface area contributed by atoms with Crippen LogP contribution in [0.15, 0.2) is 90.3 Å². The number of hydrogen-bond donors (Lipinski definition) is 11. The van der Waals surface area contributed by atoms with Crippen LogP contribution in [0.2, 0.25) is 0 Å². The number of benzene rings is 4. The Labute approximate surface area is 561 Å². The first kappa shape index (κ1) is 87.6. The van der Waals surface area contributed by atoms with Crippen molar-refractivity contribution in [3.8, 4) is 18.1 Å². The average molecular weight is 1420 g/mol. The monoisotopic (exact) mass is 1420 g/mol. The molecule has 0 aliphatic carbocycles. The second kappa shape index (κ2) is 46.7. The number of amides is 2. The summed E-state index contributed by atoms with van der Waals surface area (Å²) in [5.74, 6) is -19.8. The Morgan fingerprint density at radius 1 is 0.600 bits per heavy atom. The van der Waals surface area contributed by atoms with Crippen molar-refractivity contribution in [3.63, 3.8) is 0 Å². The highest BCUT2D eigenvalue weighted by atomic mass is 19.2. The lowest BCUT2D eigenvalue weighted by Crippen LogP contribution is -2.29. The van der Waals surface area contributed by atoms with Gasteiger partial charge in [-0.1, -0.05) is 65.9 Å². The maximum atomic E-state index is 13.7. The van der Waals surface area contributed by atoms with Gasteiger partial charge < -0.3 is 61.0 Å². The van der Waals surface area contributed by atoms with Crippen molar-refractivity contribution in [1.29, 1.82) is 0 Å². The number of carboxylic acid groups (broad SMARTS) is 8. The zero-order valence-electron chi connectivity index (χ0n) is 53.0. The summed E-state index contributed by atoms with van der Waals surface area (Å²) in [6.45, 7) is 3.09. The molecule has 0 saturated carbocycles. The van der Waals surface area contributed by atoms with Crippen LogP contribution in [0.25, 0.3) is 31.9 Å². The van der Waals surface area contributed by atoms with Crippen LogP contribution in [0.5, 0.6) is 5.75 Å². The fourth-order valence-corrected chi connectivity index (χ4v) is 7.19. The lowest BCUT2D eigenvalue weighted by atomic mass is 9.99. The van der Waals surface area contributed by atoms with Crippen molar-refractivity contribution >= 4 is 82.0 Å². The molecule has 32 nitrogen and oxygen atoms in total. The highest BCUT2D eigenvalue weighted by Crippen LogP contribution is 2.33. The van der Waals surface area contributed by atoms with E-state index in [-0.39, 0.29) is 86.9 Å². The number of carbonyl (C=O) groups is 11. The van der Waals surface area contributed by atoms with E-state index in [9.17, 15) is 83.9 Å². The van der Waals surface area contributed by atoms with Crippen LogP contribution in [-0.4, -0.2) is 137 Å². The van der Waals surface area contributed by atoms with E-state index in [1.165, 1.54) is 18.2 Å². The number of carbonyl (C=O) groups excluding carboxylic acids is 3. The van der Waals surface area contributed by atoms with E-state index in [0.717, 1.165) is 43.4 Å². The summed E-state index contributed by atoms with van der Waals surface area (Å²) in [5, 5.41) is 92.4. The van der Waals surface area contributed by atoms with Crippen LogP contribution in [0.1, 0.15) is 163 Å². The smallest absolute Gasteiger partial charge is 0.349 e. The minimum Gasteiger partial charge on any atom is -0.503 e. The van der Waals surface area contributed by atoms with Crippen LogP contribution in [-0.2, 0) is 40.0 Å². The van der Waals surface area contributed by atoms with Gasteiger partial charge in [0.05, 0.1) is 5.56 Å². The minimum absolute atomic E-state index is 0.0456. The number of terminal acetylenes is 1. The zero-order valence-corrected chi connectivity index (χ0v) is 53.0. The first-order valence-electron chi connectivity index (χ1n) is 29.0. The van der Waals surface area contributed by atoms with Crippen LogP contribution < -0.4 is 16.3 Å². The number of carboxylic acids is 8. The topological polar surface area (TPSA) is 546 Å². The van der Waals surface area contributed by atoms with Gasteiger partial charge in [0.25, 0.3) is 11.8 Å². The molecule has 0 fully saturated rings. The lowest BCUT2D eigenvalue weighted by Gasteiger charge is -2.10. The van der Waals surface area contributed by atoms with E-state index in [0.29, 0.717) is 36.8 Å². The molecule has 0 saturated heterocycles. The SMILES string of the molecule is C#CCC(=O)O.CC1(CCCCCC(=O)O)N=N1.CCC(=O)O.O=C(O)CCCCNC(=O)c1cc2cc(F)c(O)c(F)c2oc1=O.O=C(O)CCCc1ccc(C(=O)c2cccc(C(=O)O)c2)cc1.[N-]=[N+]=NCC(=O)O.[N-]=[N+]=Nc1c(F)c(F)c(C(=O)NCCCCC(=O)O)c(F)c1F. The van der Waals surface area contributed by atoms with Gasteiger partial charge in [0.1, 0.15) is 29.8 Å². The van der Waals surface area contributed by atoms with E-state index >= 15 is 0 Å². The van der Waals surface area contributed by atoms with Gasteiger partial charge >= 0.3 is 53.4 Å². The van der Waals surface area contributed by atoms with E-state index in [4.69, 9.17) is 57.0 Å². The summed E-state index contributed by atoms with van der Waals surface area (Å²) in [6.07, 6.45) is 10.8. The number of nitrogens with zero attached hydrogens (tertiary/aromatic N) is 8. The molecule has 1 aliphatic heterocycles. The number of aromatic hydroxyl groups is 1. The van der Waals surface area contributed by atoms with Crippen molar-refractivity contribution in [2.45, 2.75) is 122 Å². The van der Waals surface area contributed by atoms with Gasteiger partial charge in [0.2, 0.25) is 5.82 Å². The third-order valence-electron chi connectivity index (χ3n) is 12.2. The number of phenolic OH excluding ortho intramolecular Hbond substituents is 1. The van der Waals surface area contributed by atoms with Crippen molar-refractivity contribution in [3.05, 3.63) is 160 Å². The Morgan fingerprint density at radius 2 is 1.10 bits per heavy atom. The minimum atomic E-state index is -1.99. The van der Waals surface area contributed by atoms with E-state index in [1.54, 1.807) is 37.3 Å². The van der Waals surface area contributed by atoms with Gasteiger partial charge in [0.15, 0.2) is 51.9 Å². The molecule has 2 heterocycles. The molecule has 0 spiro atoms. The van der Waals surface area contributed by atoms with Crippen molar-refractivity contribution in [2.75, 3.05) is 19.6 Å². The Kier molecular flexibility index (Phi) is 40.9. The predicted molar refractivity (Wildman–Crippen MR) is 335 cm³/mol. The third-order valence-corrected chi connectivity index (χ3v) is 12.2. The van der Waals surface area contributed by atoms with E-state index in [2.05, 4.69) is 41.5 Å². The molecule has 38 heteroatoms. The molecule has 2 amide bonds. The molecule has 0 bridgehead atoms. The number of rotatable bonds is 30. The molecule has 11 N–H and O–H groups in total. The summed E-state index contributed by atoms with van der Waals surface area (Å²) in [5.41, 5.74) is 12.1. The summed E-state index contributed by atoms with van der Waals surface area (Å²) >= 11 is 0. The maximum absolute atomic E-state index is 13.7. The largest absolute Gasteiger partial charge is 0.503 e. The molecule has 4 aromatic carbocycles. The highest BCUT2D eigenvalue weighted by Gasteiger charge is 2.32. The van der Waals surface area contributed by atoms with Gasteiger partial charge in [-0.05, 0) is 106 Å². The lowest BCUT2D eigenvalue weighted by molar-refractivity contribution is -0.138. The number of aryl methyl sites for hydroxylation is 1. The number of ketones is 1. The van der Waals surface area contributed by atoms with Crippen LogP contribution in [0.4, 0.5) is 32.0 Å². The van der Waals surface area contributed by atoms with Crippen LogP contribution >= 0.6 is 0 Å². The van der Waals surface area contributed by atoms with Gasteiger partial charge in [-0.2, -0.15) is 14.6 Å². The van der Waals surface area contributed by atoms with Crippen LogP contribution in [0, 0.1) is 47.2 Å². The second-order valence-electron chi connectivity index (χ2n) is 20.1. The Bertz CT molecular complexity index is 3930. The van der Waals surface area contributed by atoms with E-state index < -0.39 is 135 Å². The van der Waals surface area contributed by atoms with Gasteiger partial charge in [0, 0.05) is 71.5 Å². The van der Waals surface area contributed by atoms with Crippen LogP contribution in [0.3, 0.4) is 0 Å². The number of nitrogens with one attached hydrogen (secondary N) is 2. The first-order chi connectivity index (χ1) is 47.0. The first-order valence-corrected chi connectivity index (χ1v) is 29.0. The Balaban J connectivity index is 0.00000122. The number of hydrogen-bond acceptors (Lipinski definition) is 18. The molecule has 6 rings (SSSR count). The van der Waals surface area contributed by atoms with Crippen molar-refractivity contribution in [1.82, 2.24) is 10.6 Å². The van der Waals surface area contributed by atoms with Gasteiger partial charge in [-0.25, -0.2) is 31.5 Å². The molecule has 1 aromatic heterocycles. The number of aliphatic carboxylic acids is 7. The molecule has 5 aromatic rings. The molecule has 0 atom stereocenters. The van der Waals surface area contributed by atoms with Gasteiger partial charge in [-0.15, -0.1) is 6.42 Å². The predicted octanol–water partition coefficient (Wildman–Crippen LogP) is 11.1. The fraction of sp³-hybridized carbons (Fsp3) is 0.355. The van der Waals surface area contributed by atoms with Gasteiger partial charge in [-0.3, -0.25) is 47.9 Å². The highest BCUT2D eigenvalue weighted by molar-refractivity contribution is 6.10. The zero-order chi connectivity index (χ0) is 76.2. The second-order valence-corrected chi connectivity index (χ2v) is 20.1. The Morgan fingerprint density at radius 3 is 1.53 bits per heavy atom. The number of phenols is 1. The standard InChI is InChI=1S/C18H16O5.C15H13F2NO6.C12H10F4N4O3.C8H14N2O2.C4H4O2.C3H6O2.C2H3N3O2/c19-16(20)6-1-3-12-7-9-13(10-8-12)17(21)14-4-2-5-15(11-14)18(22)23;16-9-6-7-5-8(14(22)18-4-2-1-3-10(19)20)15(23)24-13(7)11(17)12(9)21;13-7-6(12(23)18-4-2-1-3-5(21)22)8(14)10(16)11(9(7)15)19-20-17;1-8(9-10-8)6-4-2-3-5-7(11)12;1-2-3-4(5)6;1-2-3(4)5;3-5-4-1-2(6)7/h2,4-5,7-11H,1,3,6H2,(H,19,20)(H,22,23);5-6,21H,1-4H2,(H,18,22)(H,19,20);1-4H2,(H,18,23)(H,21,22);2-6H2,1H3,(H,11,12);1H,3H2,(H,5,6);2H2,1H3,(H,4,5);1H2,(H,6,7). The van der Waals surface area contributed by atoms with Crippen molar-refractivity contribution < 1.29 is 129 Å². The normalized spacial score (nSPS) is 10.6. The molecule has 538 valence electrons. The third kappa shape index (κ3) is 35.4. The molecular formula is C62H66F6N10O22. The number of unbranched alkanes of at least 4 members (excludes halogenated alkanes) is 4. The summed E-state index contributed by atoms with van der Waals surface area (Å²) < 4.78 is 85.9. The van der Waals surface area contributed by atoms with Crippen molar-refractivity contribution in [2.24, 2.45) is 20.5 Å². The summed E-state index contributed by atoms with van der Waals surface area (Å²) in [4.78, 5) is 132. The molecule has 100 heavy (non-hydrogen) atoms. The maximum Gasteiger partial charge on any atom is 0.349 e. The summed E-state index contributed by atoms with van der Waals surface area (Å²) in [6, 6.07) is 14.5. The number of halogens is 6. The molecule has 1 aliphatic rings.